The van der Waals surface area contributed by atoms with Crippen LogP contribution in [0.2, 0.25) is 0 Å². The van der Waals surface area contributed by atoms with Gasteiger partial charge in [0, 0.05) is 23.8 Å². The summed E-state index contributed by atoms with van der Waals surface area (Å²) in [6.07, 6.45) is 1.87. The van der Waals surface area contributed by atoms with E-state index in [9.17, 15) is 0 Å². The van der Waals surface area contributed by atoms with Gasteiger partial charge in [-0.15, -0.1) is 0 Å². The predicted molar refractivity (Wildman–Crippen MR) is 86.9 cm³/mol. The van der Waals surface area contributed by atoms with Crippen molar-refractivity contribution in [3.8, 4) is 0 Å². The van der Waals surface area contributed by atoms with Crippen LogP contribution in [0.1, 0.15) is 19.4 Å². The van der Waals surface area contributed by atoms with Crippen molar-refractivity contribution in [1.82, 2.24) is 0 Å². The van der Waals surface area contributed by atoms with Crippen LogP contribution in [0.4, 0.5) is 11.4 Å². The Balaban J connectivity index is 1.93. The fraction of sp³-hybridized carbons (Fsp3) is 0.222. The minimum atomic E-state index is -0.0545. The monoisotopic (exact) mass is 277 g/mol. The van der Waals surface area contributed by atoms with E-state index in [4.69, 9.17) is 0 Å². The first kappa shape index (κ1) is 13.6. The normalized spacial score (nSPS) is 18.4. The SMILES string of the molecule is CN1/C(=C/N=Nc2ccccc2)C(C)(C)c2ccccc21. The molecule has 0 fully saturated rings. The average Bonchev–Trinajstić information content (AvgIpc) is 2.70. The zero-order valence-electron chi connectivity index (χ0n) is 12.6. The van der Waals surface area contributed by atoms with Crippen LogP contribution >= 0.6 is 0 Å². The molecule has 0 amide bonds. The van der Waals surface area contributed by atoms with Crippen LogP contribution in [-0.4, -0.2) is 7.05 Å². The van der Waals surface area contributed by atoms with Gasteiger partial charge in [-0.05, 0) is 23.8 Å². The average molecular weight is 277 g/mol. The summed E-state index contributed by atoms with van der Waals surface area (Å²) >= 11 is 0. The number of para-hydroxylation sites is 1. The molecule has 2 aromatic rings. The number of hydrogen-bond donors (Lipinski definition) is 0. The number of azo groups is 1. The Morgan fingerprint density at radius 2 is 1.62 bits per heavy atom. The maximum Gasteiger partial charge on any atom is 0.0856 e. The number of hydrogen-bond acceptors (Lipinski definition) is 3. The lowest BCUT2D eigenvalue weighted by Crippen LogP contribution is -2.22. The molecule has 3 rings (SSSR count). The standard InChI is InChI=1S/C18H19N3/c1-18(2)15-11-7-8-12-16(15)21(3)17(18)13-19-20-14-9-5-4-6-10-14/h4-13H,1-3H3/b17-13+,20-19?. The molecule has 3 heteroatoms. The smallest absolute Gasteiger partial charge is 0.0856 e. The zero-order chi connectivity index (χ0) is 14.9. The molecule has 3 nitrogen and oxygen atoms in total. The molecule has 0 spiro atoms. The third-order valence-electron chi connectivity index (χ3n) is 4.05. The van der Waals surface area contributed by atoms with Gasteiger partial charge < -0.3 is 4.90 Å². The minimum absolute atomic E-state index is 0.0545. The first-order valence-electron chi connectivity index (χ1n) is 7.10. The lowest BCUT2D eigenvalue weighted by atomic mass is 9.84. The summed E-state index contributed by atoms with van der Waals surface area (Å²) in [6, 6.07) is 18.3. The van der Waals surface area contributed by atoms with Gasteiger partial charge in [0.2, 0.25) is 0 Å². The molecule has 0 N–H and O–H groups in total. The van der Waals surface area contributed by atoms with Gasteiger partial charge in [0.05, 0.1) is 11.9 Å². The van der Waals surface area contributed by atoms with E-state index in [1.54, 1.807) is 0 Å². The van der Waals surface area contributed by atoms with Gasteiger partial charge in [0.25, 0.3) is 0 Å². The maximum absolute atomic E-state index is 4.27. The molecule has 0 unspecified atom stereocenters. The summed E-state index contributed by atoms with van der Waals surface area (Å²) in [5.74, 6) is 0. The zero-order valence-corrected chi connectivity index (χ0v) is 12.6. The number of likely N-dealkylation sites (N-methyl/N-ethyl adjacent to an activating group) is 1. The third-order valence-corrected chi connectivity index (χ3v) is 4.05. The molecular formula is C18H19N3. The van der Waals surface area contributed by atoms with Crippen molar-refractivity contribution < 1.29 is 0 Å². The summed E-state index contributed by atoms with van der Waals surface area (Å²) in [5.41, 5.74) is 4.53. The van der Waals surface area contributed by atoms with E-state index in [0.29, 0.717) is 0 Å². The number of rotatable bonds is 2. The van der Waals surface area contributed by atoms with E-state index in [1.807, 2.05) is 36.5 Å². The van der Waals surface area contributed by atoms with Crippen LogP contribution < -0.4 is 4.90 Å². The molecule has 0 saturated carbocycles. The summed E-state index contributed by atoms with van der Waals surface area (Å²) in [7, 11) is 2.08. The molecule has 0 radical (unpaired) electrons. The Morgan fingerprint density at radius 1 is 0.952 bits per heavy atom. The van der Waals surface area contributed by atoms with Crippen molar-refractivity contribution >= 4 is 11.4 Å². The van der Waals surface area contributed by atoms with Crippen molar-refractivity contribution in [3.05, 3.63) is 72.1 Å². The van der Waals surface area contributed by atoms with Gasteiger partial charge in [-0.1, -0.05) is 50.2 Å². The van der Waals surface area contributed by atoms with Crippen molar-refractivity contribution in [3.63, 3.8) is 0 Å². The number of fused-ring (bicyclic) bond motifs is 1. The third kappa shape index (κ3) is 2.35. The molecule has 0 aromatic heterocycles. The molecule has 0 aliphatic carbocycles. The van der Waals surface area contributed by atoms with Crippen LogP contribution in [0.25, 0.3) is 0 Å². The highest BCUT2D eigenvalue weighted by Gasteiger charge is 2.38. The van der Waals surface area contributed by atoms with E-state index in [1.165, 1.54) is 11.3 Å². The van der Waals surface area contributed by atoms with Crippen LogP contribution in [0.15, 0.2) is 76.7 Å². The fourth-order valence-electron chi connectivity index (χ4n) is 2.87. The van der Waals surface area contributed by atoms with Crippen LogP contribution in [0.3, 0.4) is 0 Å². The minimum Gasteiger partial charge on any atom is -0.346 e. The highest BCUT2D eigenvalue weighted by molar-refractivity contribution is 5.69. The predicted octanol–water partition coefficient (Wildman–Crippen LogP) is 5.04. The molecule has 0 saturated heterocycles. The van der Waals surface area contributed by atoms with Gasteiger partial charge in [0.1, 0.15) is 0 Å². The summed E-state index contributed by atoms with van der Waals surface area (Å²) < 4.78 is 0. The number of allylic oxidation sites excluding steroid dienone is 1. The van der Waals surface area contributed by atoms with Crippen molar-refractivity contribution in [1.29, 1.82) is 0 Å². The van der Waals surface area contributed by atoms with Gasteiger partial charge >= 0.3 is 0 Å². The second-order valence-electron chi connectivity index (χ2n) is 5.77. The quantitative estimate of drug-likeness (QED) is 0.707. The van der Waals surface area contributed by atoms with Gasteiger partial charge in [-0.3, -0.25) is 0 Å². The molecule has 106 valence electrons. The van der Waals surface area contributed by atoms with E-state index in [2.05, 4.69) is 60.3 Å². The van der Waals surface area contributed by atoms with E-state index in [-0.39, 0.29) is 5.41 Å². The van der Waals surface area contributed by atoms with Gasteiger partial charge in [-0.25, -0.2) is 0 Å². The highest BCUT2D eigenvalue weighted by Crippen LogP contribution is 2.46. The second-order valence-corrected chi connectivity index (χ2v) is 5.77. The van der Waals surface area contributed by atoms with Gasteiger partial charge in [0.15, 0.2) is 0 Å². The van der Waals surface area contributed by atoms with E-state index >= 15 is 0 Å². The topological polar surface area (TPSA) is 28.0 Å². The Kier molecular flexibility index (Phi) is 3.34. The Labute approximate surface area is 125 Å². The first-order valence-corrected chi connectivity index (χ1v) is 7.10. The molecular weight excluding hydrogens is 258 g/mol. The van der Waals surface area contributed by atoms with E-state index < -0.39 is 0 Å². The number of benzene rings is 2. The molecule has 1 heterocycles. The van der Waals surface area contributed by atoms with Crippen LogP contribution in [0.5, 0.6) is 0 Å². The largest absolute Gasteiger partial charge is 0.346 e. The van der Waals surface area contributed by atoms with Crippen molar-refractivity contribution in [2.75, 3.05) is 11.9 Å². The van der Waals surface area contributed by atoms with Gasteiger partial charge in [-0.2, -0.15) is 10.2 Å². The molecule has 2 aromatic carbocycles. The van der Waals surface area contributed by atoms with Crippen molar-refractivity contribution in [2.45, 2.75) is 19.3 Å². The molecule has 1 aliphatic heterocycles. The van der Waals surface area contributed by atoms with Crippen LogP contribution in [0, 0.1) is 0 Å². The fourth-order valence-corrected chi connectivity index (χ4v) is 2.87. The highest BCUT2D eigenvalue weighted by atomic mass is 15.2. The Hall–Kier alpha value is -2.42. The summed E-state index contributed by atoms with van der Waals surface area (Å²) in [4.78, 5) is 2.19. The molecule has 0 atom stereocenters. The van der Waals surface area contributed by atoms with Crippen molar-refractivity contribution in [2.24, 2.45) is 10.2 Å². The Bertz CT molecular complexity index is 699. The molecule has 1 aliphatic rings. The number of nitrogens with zero attached hydrogens (tertiary/aromatic N) is 3. The Morgan fingerprint density at radius 3 is 2.33 bits per heavy atom. The van der Waals surface area contributed by atoms with E-state index in [0.717, 1.165) is 11.4 Å². The lowest BCUT2D eigenvalue weighted by molar-refractivity contribution is 0.637. The number of anilines is 1. The lowest BCUT2D eigenvalue weighted by Gasteiger charge is -2.22. The molecule has 21 heavy (non-hydrogen) atoms. The van der Waals surface area contributed by atoms with Crippen LogP contribution in [-0.2, 0) is 5.41 Å². The molecule has 0 bridgehead atoms. The summed E-state index contributed by atoms with van der Waals surface area (Å²) in [6.45, 7) is 4.44. The second kappa shape index (κ2) is 5.17. The summed E-state index contributed by atoms with van der Waals surface area (Å²) in [5, 5.41) is 8.53. The maximum atomic E-state index is 4.27. The first-order chi connectivity index (χ1) is 10.1.